The van der Waals surface area contributed by atoms with E-state index in [-0.39, 0.29) is 18.0 Å². The first-order valence-electron chi connectivity index (χ1n) is 9.16. The Morgan fingerprint density at radius 1 is 1.23 bits per heavy atom. The Hall–Kier alpha value is -3.52. The van der Waals surface area contributed by atoms with Crippen LogP contribution in [0.2, 0.25) is 0 Å². The van der Waals surface area contributed by atoms with Gasteiger partial charge in [0.15, 0.2) is 0 Å². The molecule has 0 atom stereocenters. The van der Waals surface area contributed by atoms with Crippen LogP contribution in [0.1, 0.15) is 20.9 Å². The summed E-state index contributed by atoms with van der Waals surface area (Å²) in [6.07, 6.45) is 0. The van der Waals surface area contributed by atoms with Crippen molar-refractivity contribution < 1.29 is 13.9 Å². The second-order valence-corrected chi connectivity index (χ2v) is 7.67. The number of hydrogen-bond donors (Lipinski definition) is 2. The largest absolute Gasteiger partial charge is 0.497 e. The van der Waals surface area contributed by atoms with Crippen LogP contribution in [0.15, 0.2) is 53.3 Å². The zero-order valence-corrected chi connectivity index (χ0v) is 17.1. The van der Waals surface area contributed by atoms with E-state index in [0.29, 0.717) is 38.0 Å². The molecule has 0 aliphatic rings. The van der Waals surface area contributed by atoms with E-state index < -0.39 is 5.82 Å². The van der Waals surface area contributed by atoms with Gasteiger partial charge in [0, 0.05) is 28.6 Å². The number of rotatable bonds is 5. The number of hydrogen-bond acceptors (Lipinski definition) is 5. The van der Waals surface area contributed by atoms with Gasteiger partial charge in [0.1, 0.15) is 21.5 Å². The molecule has 6 nitrogen and oxygen atoms in total. The topological polar surface area (TPSA) is 84.1 Å². The number of carbonyl (C=O) groups is 1. The van der Waals surface area contributed by atoms with Crippen molar-refractivity contribution in [1.29, 1.82) is 0 Å². The maximum absolute atomic E-state index is 14.0. The Morgan fingerprint density at radius 3 is 2.80 bits per heavy atom. The second-order valence-electron chi connectivity index (χ2n) is 6.67. The van der Waals surface area contributed by atoms with Crippen LogP contribution >= 0.6 is 11.3 Å². The second kappa shape index (κ2) is 8.08. The van der Waals surface area contributed by atoms with Crippen molar-refractivity contribution in [3.8, 4) is 16.3 Å². The average molecular weight is 423 g/mol. The number of nitrogens with zero attached hydrogens (tertiary/aromatic N) is 1. The lowest BCUT2D eigenvalue weighted by Crippen LogP contribution is -2.26. The number of nitrogens with one attached hydrogen (secondary N) is 2. The summed E-state index contributed by atoms with van der Waals surface area (Å²) >= 11 is 1.12. The van der Waals surface area contributed by atoms with Gasteiger partial charge in [-0.15, -0.1) is 11.3 Å². The number of fused-ring (bicyclic) bond motifs is 1. The summed E-state index contributed by atoms with van der Waals surface area (Å²) < 4.78 is 19.2. The van der Waals surface area contributed by atoms with Crippen LogP contribution < -0.4 is 15.6 Å². The first-order chi connectivity index (χ1) is 14.5. The third-order valence-electron chi connectivity index (χ3n) is 4.67. The number of aromatic amines is 1. The molecule has 1 amide bonds. The van der Waals surface area contributed by atoms with Crippen LogP contribution in [0.25, 0.3) is 21.5 Å². The number of pyridine rings is 1. The van der Waals surface area contributed by atoms with E-state index in [4.69, 9.17) is 4.74 Å². The molecular weight excluding hydrogens is 405 g/mol. The molecule has 0 saturated heterocycles. The number of H-pyrrole nitrogens is 1. The maximum atomic E-state index is 14.0. The molecular formula is C22H18FN3O3S. The lowest BCUT2D eigenvalue weighted by atomic mass is 10.1. The van der Waals surface area contributed by atoms with E-state index in [0.717, 1.165) is 16.7 Å². The third kappa shape index (κ3) is 3.81. The molecule has 0 aliphatic heterocycles. The van der Waals surface area contributed by atoms with Crippen molar-refractivity contribution in [3.63, 3.8) is 0 Å². The Labute approximate surface area is 175 Å². The number of thiazole rings is 1. The molecule has 2 N–H and O–H groups in total. The lowest BCUT2D eigenvalue weighted by Gasteiger charge is -2.07. The fourth-order valence-corrected chi connectivity index (χ4v) is 4.11. The van der Waals surface area contributed by atoms with Gasteiger partial charge < -0.3 is 15.0 Å². The molecule has 0 spiro atoms. The lowest BCUT2D eigenvalue weighted by molar-refractivity contribution is 0.0954. The number of ether oxygens (including phenoxy) is 1. The molecule has 30 heavy (non-hydrogen) atoms. The van der Waals surface area contributed by atoms with E-state index in [1.165, 1.54) is 6.07 Å². The van der Waals surface area contributed by atoms with Crippen LogP contribution in [0.3, 0.4) is 0 Å². The van der Waals surface area contributed by atoms with Gasteiger partial charge in [0.05, 0.1) is 12.8 Å². The Balaban J connectivity index is 1.56. The Kier molecular flexibility index (Phi) is 5.33. The summed E-state index contributed by atoms with van der Waals surface area (Å²) in [5.41, 5.74) is 1.68. The molecule has 0 saturated carbocycles. The third-order valence-corrected chi connectivity index (χ3v) is 5.86. The van der Waals surface area contributed by atoms with Crippen molar-refractivity contribution in [2.75, 3.05) is 7.11 Å². The van der Waals surface area contributed by atoms with Crippen molar-refractivity contribution in [1.82, 2.24) is 15.3 Å². The van der Waals surface area contributed by atoms with Crippen molar-refractivity contribution in [3.05, 3.63) is 80.8 Å². The molecule has 2 heterocycles. The van der Waals surface area contributed by atoms with Gasteiger partial charge in [-0.05, 0) is 43.3 Å². The molecule has 2 aromatic heterocycles. The molecule has 0 fully saturated rings. The van der Waals surface area contributed by atoms with E-state index in [2.05, 4.69) is 15.3 Å². The highest BCUT2D eigenvalue weighted by Crippen LogP contribution is 2.29. The van der Waals surface area contributed by atoms with Gasteiger partial charge in [-0.2, -0.15) is 0 Å². The van der Waals surface area contributed by atoms with Gasteiger partial charge in [-0.1, -0.05) is 12.1 Å². The zero-order chi connectivity index (χ0) is 21.3. The van der Waals surface area contributed by atoms with Gasteiger partial charge in [-0.25, -0.2) is 9.37 Å². The number of aryl methyl sites for hydroxylation is 1. The van der Waals surface area contributed by atoms with E-state index in [1.807, 2.05) is 6.07 Å². The molecule has 152 valence electrons. The standard InChI is InChI=1S/C22H18FN3O3S/c1-12-19(30-22(25-12)16-5-3-4-6-17(16)23)21(28)24-11-14-9-13-10-15(29-2)7-8-18(13)26-20(14)27/h3-10H,11H2,1-2H3,(H,24,28)(H,26,27). The SMILES string of the molecule is COc1ccc2[nH]c(=O)c(CNC(=O)c3sc(-c4ccccc4F)nc3C)cc2c1. The number of methoxy groups -OCH3 is 1. The Morgan fingerprint density at radius 2 is 2.03 bits per heavy atom. The van der Waals surface area contributed by atoms with Crippen molar-refractivity contribution in [2.45, 2.75) is 13.5 Å². The predicted octanol–water partition coefficient (Wildman–Crippen LogP) is 4.04. The van der Waals surface area contributed by atoms with E-state index >= 15 is 0 Å². The summed E-state index contributed by atoms with van der Waals surface area (Å²) in [4.78, 5) is 32.5. The quantitative estimate of drug-likeness (QED) is 0.508. The average Bonchev–Trinajstić information content (AvgIpc) is 3.13. The van der Waals surface area contributed by atoms with Crippen LogP contribution in [0.5, 0.6) is 5.75 Å². The van der Waals surface area contributed by atoms with Crippen LogP contribution in [0, 0.1) is 12.7 Å². The predicted molar refractivity (Wildman–Crippen MR) is 115 cm³/mol. The minimum Gasteiger partial charge on any atom is -0.497 e. The molecule has 4 rings (SSSR count). The van der Waals surface area contributed by atoms with Crippen molar-refractivity contribution in [2.24, 2.45) is 0 Å². The molecule has 8 heteroatoms. The van der Waals surface area contributed by atoms with Gasteiger partial charge in [0.2, 0.25) is 0 Å². The molecule has 0 bridgehead atoms. The Bertz CT molecular complexity index is 1310. The fraction of sp³-hybridized carbons (Fsp3) is 0.136. The summed E-state index contributed by atoms with van der Waals surface area (Å²) in [5, 5.41) is 3.99. The van der Waals surface area contributed by atoms with E-state index in [9.17, 15) is 14.0 Å². The zero-order valence-electron chi connectivity index (χ0n) is 16.3. The summed E-state index contributed by atoms with van der Waals surface area (Å²) in [6, 6.07) is 13.4. The smallest absolute Gasteiger partial charge is 0.263 e. The minimum atomic E-state index is -0.392. The summed E-state index contributed by atoms with van der Waals surface area (Å²) in [5.74, 6) is -0.0837. The monoisotopic (exact) mass is 423 g/mol. The molecule has 2 aromatic carbocycles. The first kappa shape index (κ1) is 19.8. The number of carbonyl (C=O) groups excluding carboxylic acids is 1. The van der Waals surface area contributed by atoms with Gasteiger partial charge in [-0.3, -0.25) is 9.59 Å². The highest BCUT2D eigenvalue weighted by molar-refractivity contribution is 7.17. The number of aromatic nitrogens is 2. The maximum Gasteiger partial charge on any atom is 0.263 e. The molecule has 0 aliphatic carbocycles. The molecule has 0 radical (unpaired) electrons. The van der Waals surface area contributed by atoms with E-state index in [1.54, 1.807) is 50.4 Å². The number of amides is 1. The number of halogens is 1. The summed E-state index contributed by atoms with van der Waals surface area (Å²) in [7, 11) is 1.57. The van der Waals surface area contributed by atoms with Crippen LogP contribution in [0.4, 0.5) is 4.39 Å². The molecule has 0 unspecified atom stereocenters. The van der Waals surface area contributed by atoms with Crippen molar-refractivity contribution >= 4 is 28.1 Å². The van der Waals surface area contributed by atoms with Crippen LogP contribution in [-0.4, -0.2) is 23.0 Å². The highest BCUT2D eigenvalue weighted by Gasteiger charge is 2.18. The van der Waals surface area contributed by atoms with Crippen LogP contribution in [-0.2, 0) is 6.54 Å². The minimum absolute atomic E-state index is 0.0493. The first-order valence-corrected chi connectivity index (χ1v) is 9.98. The summed E-state index contributed by atoms with van der Waals surface area (Å²) in [6.45, 7) is 1.75. The fourth-order valence-electron chi connectivity index (χ4n) is 3.10. The molecule has 4 aromatic rings. The number of benzene rings is 2. The highest BCUT2D eigenvalue weighted by atomic mass is 32.1. The van der Waals surface area contributed by atoms with Gasteiger partial charge in [0.25, 0.3) is 11.5 Å². The van der Waals surface area contributed by atoms with Gasteiger partial charge >= 0.3 is 0 Å². The normalized spacial score (nSPS) is 10.9.